The summed E-state index contributed by atoms with van der Waals surface area (Å²) in [6, 6.07) is 3.94. The molecular formula is C14H10F6N2. The number of para-hydroxylation sites is 1. The molecule has 2 N–H and O–H groups in total. The molecule has 118 valence electrons. The minimum Gasteiger partial charge on any atom is -0.321 e. The number of alkyl halides is 6. The van der Waals surface area contributed by atoms with Gasteiger partial charge in [0.2, 0.25) is 0 Å². The molecule has 0 spiro atoms. The number of rotatable bonds is 1. The van der Waals surface area contributed by atoms with E-state index in [1.165, 1.54) is 6.07 Å². The van der Waals surface area contributed by atoms with Crippen LogP contribution in [0.25, 0.3) is 10.9 Å². The molecule has 1 aliphatic carbocycles. The lowest BCUT2D eigenvalue weighted by molar-refractivity contribution is -0.142. The number of aromatic nitrogens is 1. The maximum Gasteiger partial charge on any atom is 0.433 e. The molecule has 0 amide bonds. The highest BCUT2D eigenvalue weighted by Gasteiger charge is 2.44. The third-order valence-electron chi connectivity index (χ3n) is 3.76. The van der Waals surface area contributed by atoms with E-state index in [1.807, 2.05) is 0 Å². The molecule has 0 unspecified atom stereocenters. The minimum absolute atomic E-state index is 0.0165. The summed E-state index contributed by atoms with van der Waals surface area (Å²) in [6.45, 7) is 0. The van der Waals surface area contributed by atoms with Crippen LogP contribution >= 0.6 is 0 Å². The van der Waals surface area contributed by atoms with E-state index in [0.717, 1.165) is 18.2 Å². The van der Waals surface area contributed by atoms with Crippen molar-refractivity contribution in [1.29, 1.82) is 0 Å². The third kappa shape index (κ3) is 2.41. The molecule has 1 saturated carbocycles. The van der Waals surface area contributed by atoms with Gasteiger partial charge in [0, 0.05) is 10.9 Å². The van der Waals surface area contributed by atoms with Crippen molar-refractivity contribution in [3.05, 3.63) is 41.1 Å². The second-order valence-electron chi connectivity index (χ2n) is 5.41. The maximum atomic E-state index is 13.0. The van der Waals surface area contributed by atoms with E-state index in [4.69, 9.17) is 5.73 Å². The summed E-state index contributed by atoms with van der Waals surface area (Å²) in [5, 5.41) is 0.0165. The Morgan fingerprint density at radius 1 is 1.00 bits per heavy atom. The Bertz CT molecular complexity index is 743. The summed E-state index contributed by atoms with van der Waals surface area (Å²) in [7, 11) is 0. The molecule has 3 rings (SSSR count). The second-order valence-corrected chi connectivity index (χ2v) is 5.41. The number of hydrogen-bond donors (Lipinski definition) is 1. The molecule has 8 heteroatoms. The van der Waals surface area contributed by atoms with Crippen molar-refractivity contribution in [2.75, 3.05) is 0 Å². The molecule has 0 radical (unpaired) electrons. The lowest BCUT2D eigenvalue weighted by Crippen LogP contribution is -2.22. The first kappa shape index (κ1) is 15.1. The van der Waals surface area contributed by atoms with Crippen molar-refractivity contribution >= 4 is 10.9 Å². The highest BCUT2D eigenvalue weighted by atomic mass is 19.4. The minimum atomic E-state index is -4.84. The molecule has 1 aromatic carbocycles. The SMILES string of the molecule is NC1(c2cc(C(F)(F)F)nc3c(C(F)(F)F)cccc23)CC1. The Labute approximate surface area is 120 Å². The van der Waals surface area contributed by atoms with Gasteiger partial charge in [0.25, 0.3) is 0 Å². The largest absolute Gasteiger partial charge is 0.433 e. The Morgan fingerprint density at radius 2 is 1.64 bits per heavy atom. The third-order valence-corrected chi connectivity index (χ3v) is 3.76. The number of hydrogen-bond acceptors (Lipinski definition) is 2. The van der Waals surface area contributed by atoms with Gasteiger partial charge in [-0.2, -0.15) is 26.3 Å². The molecule has 2 nitrogen and oxygen atoms in total. The highest BCUT2D eigenvalue weighted by molar-refractivity contribution is 5.87. The lowest BCUT2D eigenvalue weighted by Gasteiger charge is -2.18. The monoisotopic (exact) mass is 320 g/mol. The summed E-state index contributed by atoms with van der Waals surface area (Å²) in [4.78, 5) is 3.21. The Morgan fingerprint density at radius 3 is 2.14 bits per heavy atom. The standard InChI is InChI=1S/C14H10F6N2/c15-13(16,17)8-3-1-2-7-9(12(21)4-5-12)6-10(14(18,19)20)22-11(7)8/h1-3,6H,4-5,21H2. The number of benzene rings is 1. The molecule has 2 aromatic rings. The van der Waals surface area contributed by atoms with Crippen LogP contribution in [-0.4, -0.2) is 4.98 Å². The average molecular weight is 320 g/mol. The maximum absolute atomic E-state index is 13.0. The van der Waals surface area contributed by atoms with Gasteiger partial charge >= 0.3 is 12.4 Å². The molecule has 22 heavy (non-hydrogen) atoms. The van der Waals surface area contributed by atoms with Crippen LogP contribution in [0.4, 0.5) is 26.3 Å². The molecule has 0 atom stereocenters. The zero-order chi connectivity index (χ0) is 16.3. The number of nitrogens with zero attached hydrogens (tertiary/aromatic N) is 1. The second kappa shape index (κ2) is 4.34. The van der Waals surface area contributed by atoms with Gasteiger partial charge in [0.05, 0.1) is 11.1 Å². The molecule has 1 heterocycles. The van der Waals surface area contributed by atoms with Crippen LogP contribution < -0.4 is 5.73 Å². The van der Waals surface area contributed by atoms with Gasteiger partial charge in [-0.3, -0.25) is 0 Å². The summed E-state index contributed by atoms with van der Waals surface area (Å²) < 4.78 is 78.0. The highest BCUT2D eigenvalue weighted by Crippen LogP contribution is 2.47. The van der Waals surface area contributed by atoms with Gasteiger partial charge in [-0.15, -0.1) is 0 Å². The number of fused-ring (bicyclic) bond motifs is 1. The molecule has 0 aliphatic heterocycles. The van der Waals surface area contributed by atoms with Crippen LogP contribution in [-0.2, 0) is 17.9 Å². The van der Waals surface area contributed by atoms with E-state index >= 15 is 0 Å². The summed E-state index contributed by atoms with van der Waals surface area (Å²) in [5.74, 6) is 0. The van der Waals surface area contributed by atoms with Crippen LogP contribution in [0.15, 0.2) is 24.3 Å². The van der Waals surface area contributed by atoms with Gasteiger partial charge in [-0.25, -0.2) is 4.98 Å². The van der Waals surface area contributed by atoms with E-state index in [2.05, 4.69) is 4.98 Å². The van der Waals surface area contributed by atoms with Crippen LogP contribution in [0.5, 0.6) is 0 Å². The smallest absolute Gasteiger partial charge is 0.321 e. The van der Waals surface area contributed by atoms with Crippen LogP contribution in [0.1, 0.15) is 29.7 Å². The van der Waals surface area contributed by atoms with Gasteiger partial charge in [-0.1, -0.05) is 12.1 Å². The van der Waals surface area contributed by atoms with E-state index in [-0.39, 0.29) is 10.9 Å². The van der Waals surface area contributed by atoms with Crippen molar-refractivity contribution in [3.8, 4) is 0 Å². The van der Waals surface area contributed by atoms with Gasteiger partial charge < -0.3 is 5.73 Å². The molecule has 0 saturated heterocycles. The van der Waals surface area contributed by atoms with E-state index < -0.39 is 34.7 Å². The number of pyridine rings is 1. The number of halogens is 6. The lowest BCUT2D eigenvalue weighted by atomic mass is 9.97. The fourth-order valence-electron chi connectivity index (χ4n) is 2.44. The molecule has 1 fully saturated rings. The van der Waals surface area contributed by atoms with Crippen molar-refractivity contribution in [3.63, 3.8) is 0 Å². The van der Waals surface area contributed by atoms with Gasteiger partial charge in [-0.05, 0) is 30.5 Å². The molecular weight excluding hydrogens is 310 g/mol. The Kier molecular flexibility index (Phi) is 2.98. The topological polar surface area (TPSA) is 38.9 Å². The summed E-state index contributed by atoms with van der Waals surface area (Å²) >= 11 is 0. The van der Waals surface area contributed by atoms with Crippen molar-refractivity contribution in [2.24, 2.45) is 5.73 Å². The van der Waals surface area contributed by atoms with Crippen molar-refractivity contribution in [1.82, 2.24) is 4.98 Å². The summed E-state index contributed by atoms with van der Waals surface area (Å²) in [5.41, 5.74) is 1.72. The summed E-state index contributed by atoms with van der Waals surface area (Å²) in [6.07, 6.45) is -8.77. The van der Waals surface area contributed by atoms with Crippen LogP contribution in [0.3, 0.4) is 0 Å². The van der Waals surface area contributed by atoms with Crippen molar-refractivity contribution < 1.29 is 26.3 Å². The fourth-order valence-corrected chi connectivity index (χ4v) is 2.44. The quantitative estimate of drug-likeness (QED) is 0.799. The van der Waals surface area contributed by atoms with Gasteiger partial charge in [0.15, 0.2) is 0 Å². The Balaban J connectivity index is 2.39. The predicted molar refractivity (Wildman–Crippen MR) is 66.8 cm³/mol. The average Bonchev–Trinajstić information content (AvgIpc) is 3.13. The van der Waals surface area contributed by atoms with Crippen LogP contribution in [0, 0.1) is 0 Å². The number of nitrogens with two attached hydrogens (primary N) is 1. The first-order valence-corrected chi connectivity index (χ1v) is 6.40. The predicted octanol–water partition coefficient (Wildman–Crippen LogP) is 4.22. The first-order chi connectivity index (χ1) is 10.0. The Hall–Kier alpha value is -1.83. The molecule has 1 aliphatic rings. The fraction of sp³-hybridized carbons (Fsp3) is 0.357. The van der Waals surface area contributed by atoms with E-state index in [9.17, 15) is 26.3 Å². The normalized spacial score (nSPS) is 17.8. The van der Waals surface area contributed by atoms with Crippen molar-refractivity contribution in [2.45, 2.75) is 30.7 Å². The zero-order valence-corrected chi connectivity index (χ0v) is 11.0. The zero-order valence-electron chi connectivity index (χ0n) is 11.0. The van der Waals surface area contributed by atoms with Crippen LogP contribution in [0.2, 0.25) is 0 Å². The molecule has 0 bridgehead atoms. The first-order valence-electron chi connectivity index (χ1n) is 6.40. The van der Waals surface area contributed by atoms with Gasteiger partial charge in [0.1, 0.15) is 5.69 Å². The van der Waals surface area contributed by atoms with E-state index in [1.54, 1.807) is 0 Å². The molecule has 1 aromatic heterocycles. The van der Waals surface area contributed by atoms with E-state index in [0.29, 0.717) is 12.8 Å².